The molecular weight excluding hydrogens is 356 g/mol. The number of carbonyl (C=O) groups is 1. The highest BCUT2D eigenvalue weighted by Gasteiger charge is 2.20. The number of halogens is 1. The van der Waals surface area contributed by atoms with E-state index in [4.69, 9.17) is 11.6 Å². The van der Waals surface area contributed by atoms with Gasteiger partial charge in [-0.1, -0.05) is 30.2 Å². The number of aromatic nitrogens is 2. The summed E-state index contributed by atoms with van der Waals surface area (Å²) in [6, 6.07) is 9.53. The van der Waals surface area contributed by atoms with Crippen LogP contribution in [-0.2, 0) is 0 Å². The van der Waals surface area contributed by atoms with Gasteiger partial charge in [0.25, 0.3) is 5.91 Å². The Hall–Kier alpha value is -1.89. The van der Waals surface area contributed by atoms with E-state index in [1.807, 2.05) is 46.9 Å². The molecule has 0 aliphatic carbocycles. The lowest BCUT2D eigenvalue weighted by molar-refractivity contribution is 0.0754. The second kappa shape index (κ2) is 6.78. The Morgan fingerprint density at radius 2 is 2.00 bits per heavy atom. The molecule has 1 aliphatic heterocycles. The fourth-order valence-corrected chi connectivity index (χ4v) is 4.43. The summed E-state index contributed by atoms with van der Waals surface area (Å²) in [5.74, 6) is -0.0480. The third-order valence-electron chi connectivity index (χ3n) is 4.46. The predicted molar refractivity (Wildman–Crippen MR) is 102 cm³/mol. The van der Waals surface area contributed by atoms with Crippen LogP contribution in [0.3, 0.4) is 0 Å². The van der Waals surface area contributed by atoms with Crippen molar-refractivity contribution >= 4 is 39.1 Å². The molecule has 0 radical (unpaired) electrons. The molecule has 0 saturated carbocycles. The van der Waals surface area contributed by atoms with Crippen molar-refractivity contribution in [3.63, 3.8) is 0 Å². The largest absolute Gasteiger partial charge is 0.284 e. The minimum atomic E-state index is -0.0480. The molecule has 25 heavy (non-hydrogen) atoms. The van der Waals surface area contributed by atoms with Crippen LogP contribution in [0.4, 0.5) is 0 Å². The SMILES string of the molecule is Cc1nn(-c2ccccc2Cl)c2sc(C(=O)NN3CCCCC3)cc12. The lowest BCUT2D eigenvalue weighted by Gasteiger charge is -2.26. The summed E-state index contributed by atoms with van der Waals surface area (Å²) in [5.41, 5.74) is 4.74. The summed E-state index contributed by atoms with van der Waals surface area (Å²) in [6.45, 7) is 3.79. The van der Waals surface area contributed by atoms with Gasteiger partial charge in [-0.2, -0.15) is 5.10 Å². The second-order valence-electron chi connectivity index (χ2n) is 6.27. The van der Waals surface area contributed by atoms with Crippen molar-refractivity contribution < 1.29 is 4.79 Å². The second-order valence-corrected chi connectivity index (χ2v) is 7.70. The Balaban J connectivity index is 1.67. The third-order valence-corrected chi connectivity index (χ3v) is 5.89. The molecule has 3 aromatic rings. The quantitative estimate of drug-likeness (QED) is 0.748. The van der Waals surface area contributed by atoms with E-state index >= 15 is 0 Å². The van der Waals surface area contributed by atoms with Crippen LogP contribution in [0.25, 0.3) is 15.9 Å². The molecule has 0 spiro atoms. The molecule has 3 heterocycles. The fraction of sp³-hybridized carbons (Fsp3) is 0.333. The average molecular weight is 375 g/mol. The summed E-state index contributed by atoms with van der Waals surface area (Å²) in [6.07, 6.45) is 3.50. The number of para-hydroxylation sites is 1. The highest BCUT2D eigenvalue weighted by atomic mass is 35.5. The van der Waals surface area contributed by atoms with Crippen molar-refractivity contribution in [2.24, 2.45) is 0 Å². The number of carbonyl (C=O) groups excluding carboxylic acids is 1. The standard InChI is InChI=1S/C18H19ClN4OS/c1-12-13-11-16(17(24)21-22-9-5-2-6-10-22)25-18(13)23(20-12)15-8-4-3-7-14(15)19/h3-4,7-8,11H,2,5-6,9-10H2,1H3,(H,21,24). The monoisotopic (exact) mass is 374 g/mol. The summed E-state index contributed by atoms with van der Waals surface area (Å²) in [7, 11) is 0. The molecule has 0 bridgehead atoms. The Kier molecular flexibility index (Phi) is 4.50. The molecule has 0 unspecified atom stereocenters. The number of thiophene rings is 1. The van der Waals surface area contributed by atoms with E-state index in [1.165, 1.54) is 17.8 Å². The number of hydrogen-bond donors (Lipinski definition) is 1. The molecule has 1 saturated heterocycles. The normalized spacial score (nSPS) is 15.6. The van der Waals surface area contributed by atoms with Crippen LogP contribution in [0.2, 0.25) is 5.02 Å². The number of amides is 1. The van der Waals surface area contributed by atoms with E-state index in [0.29, 0.717) is 9.90 Å². The molecule has 130 valence electrons. The van der Waals surface area contributed by atoms with Gasteiger partial charge in [-0.25, -0.2) is 9.69 Å². The third kappa shape index (κ3) is 3.17. The summed E-state index contributed by atoms with van der Waals surface area (Å²) in [5, 5.41) is 8.25. The maximum atomic E-state index is 12.6. The molecular formula is C18H19ClN4OS. The van der Waals surface area contributed by atoms with E-state index in [1.54, 1.807) is 0 Å². The lowest BCUT2D eigenvalue weighted by atomic mass is 10.2. The number of hydrazine groups is 1. The van der Waals surface area contributed by atoms with Crippen molar-refractivity contribution in [3.05, 3.63) is 45.9 Å². The van der Waals surface area contributed by atoms with E-state index in [0.717, 1.165) is 47.5 Å². The molecule has 0 atom stereocenters. The first-order valence-electron chi connectivity index (χ1n) is 8.43. The van der Waals surface area contributed by atoms with Gasteiger partial charge in [0.2, 0.25) is 0 Å². The molecule has 1 fully saturated rings. The van der Waals surface area contributed by atoms with Crippen molar-refractivity contribution in [3.8, 4) is 5.69 Å². The molecule has 1 amide bonds. The van der Waals surface area contributed by atoms with Gasteiger partial charge in [0.05, 0.1) is 21.3 Å². The zero-order chi connectivity index (χ0) is 17.4. The van der Waals surface area contributed by atoms with Crippen LogP contribution >= 0.6 is 22.9 Å². The molecule has 1 aliphatic rings. The highest BCUT2D eigenvalue weighted by Crippen LogP contribution is 2.32. The van der Waals surface area contributed by atoms with Gasteiger partial charge in [-0.05, 0) is 38.0 Å². The van der Waals surface area contributed by atoms with Crippen molar-refractivity contribution in [1.29, 1.82) is 0 Å². The van der Waals surface area contributed by atoms with Crippen molar-refractivity contribution in [1.82, 2.24) is 20.2 Å². The molecule has 4 rings (SSSR count). The lowest BCUT2D eigenvalue weighted by Crippen LogP contribution is -2.44. The fourth-order valence-electron chi connectivity index (χ4n) is 3.15. The van der Waals surface area contributed by atoms with Gasteiger partial charge in [0.15, 0.2) is 0 Å². The van der Waals surface area contributed by atoms with E-state index < -0.39 is 0 Å². The number of nitrogens with zero attached hydrogens (tertiary/aromatic N) is 3. The molecule has 1 aromatic carbocycles. The van der Waals surface area contributed by atoms with E-state index in [-0.39, 0.29) is 5.91 Å². The van der Waals surface area contributed by atoms with Crippen LogP contribution in [0.15, 0.2) is 30.3 Å². The zero-order valence-corrected chi connectivity index (χ0v) is 15.5. The average Bonchev–Trinajstić information content (AvgIpc) is 3.17. The number of benzene rings is 1. The number of fused-ring (bicyclic) bond motifs is 1. The number of nitrogens with one attached hydrogen (secondary N) is 1. The van der Waals surface area contributed by atoms with Crippen molar-refractivity contribution in [2.45, 2.75) is 26.2 Å². The molecule has 7 heteroatoms. The Morgan fingerprint density at radius 1 is 1.24 bits per heavy atom. The Labute approximate surface area is 155 Å². The molecule has 2 aromatic heterocycles. The van der Waals surface area contributed by atoms with Gasteiger partial charge >= 0.3 is 0 Å². The van der Waals surface area contributed by atoms with Crippen LogP contribution in [0.1, 0.15) is 34.6 Å². The minimum absolute atomic E-state index is 0.0480. The van der Waals surface area contributed by atoms with Crippen LogP contribution in [0.5, 0.6) is 0 Å². The predicted octanol–water partition coefficient (Wildman–Crippen LogP) is 4.18. The number of aryl methyl sites for hydroxylation is 1. The first kappa shape index (κ1) is 16.6. The van der Waals surface area contributed by atoms with Crippen LogP contribution < -0.4 is 5.43 Å². The van der Waals surface area contributed by atoms with Crippen molar-refractivity contribution in [2.75, 3.05) is 13.1 Å². The maximum Gasteiger partial charge on any atom is 0.275 e. The van der Waals surface area contributed by atoms with Crippen LogP contribution in [-0.4, -0.2) is 33.8 Å². The maximum absolute atomic E-state index is 12.6. The van der Waals surface area contributed by atoms with Gasteiger partial charge in [0, 0.05) is 18.5 Å². The van der Waals surface area contributed by atoms with Gasteiger partial charge in [-0.15, -0.1) is 11.3 Å². The topological polar surface area (TPSA) is 50.2 Å². The van der Waals surface area contributed by atoms with Gasteiger partial charge in [0.1, 0.15) is 4.83 Å². The summed E-state index contributed by atoms with van der Waals surface area (Å²) < 4.78 is 1.83. The molecule has 5 nitrogen and oxygen atoms in total. The van der Waals surface area contributed by atoms with Crippen LogP contribution in [0, 0.1) is 6.92 Å². The van der Waals surface area contributed by atoms with E-state index in [9.17, 15) is 4.79 Å². The van der Waals surface area contributed by atoms with Gasteiger partial charge < -0.3 is 0 Å². The smallest absolute Gasteiger partial charge is 0.275 e. The van der Waals surface area contributed by atoms with E-state index in [2.05, 4.69) is 10.5 Å². The first-order chi connectivity index (χ1) is 12.1. The Bertz CT molecular complexity index is 926. The Morgan fingerprint density at radius 3 is 2.76 bits per heavy atom. The number of hydrogen-bond acceptors (Lipinski definition) is 4. The van der Waals surface area contributed by atoms with Gasteiger partial charge in [-0.3, -0.25) is 10.2 Å². The first-order valence-corrected chi connectivity index (χ1v) is 9.63. The number of piperidine rings is 1. The zero-order valence-electron chi connectivity index (χ0n) is 14.0. The summed E-state index contributed by atoms with van der Waals surface area (Å²) >= 11 is 7.77. The minimum Gasteiger partial charge on any atom is -0.284 e. The summed E-state index contributed by atoms with van der Waals surface area (Å²) in [4.78, 5) is 14.2. The molecule has 1 N–H and O–H groups in total. The highest BCUT2D eigenvalue weighted by molar-refractivity contribution is 7.20. The number of rotatable bonds is 3.